The van der Waals surface area contributed by atoms with E-state index in [0.717, 1.165) is 6.20 Å². The fraction of sp³-hybridized carbons (Fsp3) is 0.250. The Bertz CT molecular complexity index is 309. The van der Waals surface area contributed by atoms with E-state index in [1.54, 1.807) is 0 Å². The van der Waals surface area contributed by atoms with Gasteiger partial charge in [0.1, 0.15) is 12.0 Å². The summed E-state index contributed by atoms with van der Waals surface area (Å²) in [7, 11) is 0. The first-order valence-electron chi connectivity index (χ1n) is 3.50. The third-order valence-corrected chi connectivity index (χ3v) is 1.46. The molecule has 0 N–H and O–H groups in total. The molecule has 0 saturated heterocycles. The van der Waals surface area contributed by atoms with Crippen LogP contribution in [-0.2, 0) is 17.4 Å². The minimum absolute atomic E-state index is 0.0926. The van der Waals surface area contributed by atoms with E-state index in [4.69, 9.17) is 0 Å². The maximum atomic E-state index is 12.2. The first-order valence-corrected chi connectivity index (χ1v) is 3.50. The minimum Gasteiger partial charge on any atom is -0.303 e. The zero-order valence-electron chi connectivity index (χ0n) is 6.51. The van der Waals surface area contributed by atoms with Gasteiger partial charge in [0.05, 0.1) is 0 Å². The van der Waals surface area contributed by atoms with Gasteiger partial charge in [-0.25, -0.2) is 0 Å². The number of aldehydes is 1. The molecule has 0 aliphatic rings. The molecule has 0 atom stereocenters. The average Bonchev–Trinajstić information content (AvgIpc) is 2.04. The Hall–Kier alpha value is -1.39. The van der Waals surface area contributed by atoms with E-state index in [9.17, 15) is 18.0 Å². The van der Waals surface area contributed by atoms with Gasteiger partial charge in [0.2, 0.25) is 0 Å². The fourth-order valence-corrected chi connectivity index (χ4v) is 0.948. The highest BCUT2D eigenvalue weighted by atomic mass is 19.4. The highest BCUT2D eigenvalue weighted by Crippen LogP contribution is 2.29. The van der Waals surface area contributed by atoms with Gasteiger partial charge in [-0.3, -0.25) is 4.98 Å². The standard InChI is InChI=1S/C8H6F3NO/c9-8(10,11)7-6(3-5-13)2-1-4-12-7/h1-2,4-5H,3H2. The van der Waals surface area contributed by atoms with Crippen molar-refractivity contribution in [3.63, 3.8) is 0 Å². The van der Waals surface area contributed by atoms with Crippen LogP contribution in [0.25, 0.3) is 0 Å². The van der Waals surface area contributed by atoms with Crippen molar-refractivity contribution in [2.75, 3.05) is 0 Å². The SMILES string of the molecule is O=CCc1cccnc1C(F)(F)F. The molecule has 0 spiro atoms. The Balaban J connectivity index is 3.11. The summed E-state index contributed by atoms with van der Waals surface area (Å²) in [6.07, 6.45) is -3.27. The summed E-state index contributed by atoms with van der Waals surface area (Å²) in [6, 6.07) is 2.61. The molecule has 5 heteroatoms. The number of hydrogen-bond acceptors (Lipinski definition) is 2. The topological polar surface area (TPSA) is 30.0 Å². The molecule has 0 aromatic carbocycles. The van der Waals surface area contributed by atoms with Gasteiger partial charge in [0.15, 0.2) is 0 Å². The molecular formula is C8H6F3NO. The zero-order valence-corrected chi connectivity index (χ0v) is 6.51. The van der Waals surface area contributed by atoms with E-state index in [2.05, 4.69) is 4.98 Å². The summed E-state index contributed by atoms with van der Waals surface area (Å²) in [6.45, 7) is 0. The van der Waals surface area contributed by atoms with Crippen molar-refractivity contribution in [1.29, 1.82) is 0 Å². The molecule has 0 radical (unpaired) electrons. The number of hydrogen-bond donors (Lipinski definition) is 0. The summed E-state index contributed by atoms with van der Waals surface area (Å²) < 4.78 is 36.6. The molecule has 1 aromatic heterocycles. The summed E-state index contributed by atoms with van der Waals surface area (Å²) in [5.74, 6) is 0. The number of halogens is 3. The number of pyridine rings is 1. The van der Waals surface area contributed by atoms with Crippen LogP contribution in [0, 0.1) is 0 Å². The molecule has 0 amide bonds. The molecule has 0 unspecified atom stereocenters. The number of carbonyl (C=O) groups is 1. The van der Waals surface area contributed by atoms with Crippen LogP contribution < -0.4 is 0 Å². The van der Waals surface area contributed by atoms with Gasteiger partial charge in [0.25, 0.3) is 0 Å². The Morgan fingerprint density at radius 3 is 2.69 bits per heavy atom. The van der Waals surface area contributed by atoms with E-state index >= 15 is 0 Å². The van der Waals surface area contributed by atoms with Crippen molar-refractivity contribution in [2.24, 2.45) is 0 Å². The number of alkyl halides is 3. The van der Waals surface area contributed by atoms with Crippen molar-refractivity contribution < 1.29 is 18.0 Å². The first-order chi connectivity index (χ1) is 6.05. The van der Waals surface area contributed by atoms with Crippen LogP contribution in [0.1, 0.15) is 11.3 Å². The number of nitrogens with zero attached hydrogens (tertiary/aromatic N) is 1. The van der Waals surface area contributed by atoms with Gasteiger partial charge in [-0.1, -0.05) is 6.07 Å². The molecule has 0 bridgehead atoms. The molecule has 0 aliphatic carbocycles. The van der Waals surface area contributed by atoms with Crippen molar-refractivity contribution in [3.05, 3.63) is 29.6 Å². The molecule has 0 aliphatic heterocycles. The van der Waals surface area contributed by atoms with Crippen LogP contribution in [0.4, 0.5) is 13.2 Å². The quantitative estimate of drug-likeness (QED) is 0.664. The molecule has 1 aromatic rings. The van der Waals surface area contributed by atoms with Crippen LogP contribution in [0.15, 0.2) is 18.3 Å². The van der Waals surface area contributed by atoms with Crippen LogP contribution in [-0.4, -0.2) is 11.3 Å². The van der Waals surface area contributed by atoms with Crippen molar-refractivity contribution in [1.82, 2.24) is 4.98 Å². The minimum atomic E-state index is -4.49. The second-order valence-electron chi connectivity index (χ2n) is 2.38. The summed E-state index contributed by atoms with van der Waals surface area (Å²) in [5.41, 5.74) is -1.08. The van der Waals surface area contributed by atoms with Crippen molar-refractivity contribution >= 4 is 6.29 Å². The molecule has 13 heavy (non-hydrogen) atoms. The van der Waals surface area contributed by atoms with E-state index in [0.29, 0.717) is 6.29 Å². The molecule has 0 saturated carbocycles. The highest BCUT2D eigenvalue weighted by molar-refractivity contribution is 5.55. The first kappa shape index (κ1) is 9.70. The van der Waals surface area contributed by atoms with Crippen molar-refractivity contribution in [3.8, 4) is 0 Å². The summed E-state index contributed by atoms with van der Waals surface area (Å²) in [4.78, 5) is 13.2. The maximum Gasteiger partial charge on any atom is 0.433 e. The van der Waals surface area contributed by atoms with E-state index in [1.165, 1.54) is 12.1 Å². The van der Waals surface area contributed by atoms with Crippen LogP contribution in [0.2, 0.25) is 0 Å². The average molecular weight is 189 g/mol. The normalized spacial score (nSPS) is 11.3. The van der Waals surface area contributed by atoms with E-state index < -0.39 is 11.9 Å². The Morgan fingerprint density at radius 2 is 2.15 bits per heavy atom. The second kappa shape index (κ2) is 3.55. The van der Waals surface area contributed by atoms with Crippen LogP contribution in [0.3, 0.4) is 0 Å². The number of carbonyl (C=O) groups excluding carboxylic acids is 1. The monoisotopic (exact) mass is 189 g/mol. The lowest BCUT2D eigenvalue weighted by Crippen LogP contribution is -2.11. The summed E-state index contributed by atoms with van der Waals surface area (Å²) in [5, 5.41) is 0. The lowest BCUT2D eigenvalue weighted by molar-refractivity contribution is -0.141. The number of aromatic nitrogens is 1. The fourth-order valence-electron chi connectivity index (χ4n) is 0.948. The molecular weight excluding hydrogens is 183 g/mol. The smallest absolute Gasteiger partial charge is 0.303 e. The van der Waals surface area contributed by atoms with Crippen LogP contribution >= 0.6 is 0 Å². The third-order valence-electron chi connectivity index (χ3n) is 1.46. The third kappa shape index (κ3) is 2.27. The zero-order chi connectivity index (χ0) is 9.90. The Labute approximate surface area is 72.4 Å². The lowest BCUT2D eigenvalue weighted by Gasteiger charge is -2.08. The molecule has 1 rings (SSSR count). The van der Waals surface area contributed by atoms with Gasteiger partial charge in [-0.05, 0) is 11.6 Å². The summed E-state index contributed by atoms with van der Waals surface area (Å²) >= 11 is 0. The molecule has 70 valence electrons. The van der Waals surface area contributed by atoms with Gasteiger partial charge in [0, 0.05) is 12.6 Å². The van der Waals surface area contributed by atoms with Gasteiger partial charge >= 0.3 is 6.18 Å². The largest absolute Gasteiger partial charge is 0.433 e. The van der Waals surface area contributed by atoms with Gasteiger partial charge < -0.3 is 4.79 Å². The predicted octanol–water partition coefficient (Wildman–Crippen LogP) is 1.84. The lowest BCUT2D eigenvalue weighted by atomic mass is 10.1. The molecule has 2 nitrogen and oxygen atoms in total. The van der Waals surface area contributed by atoms with E-state index in [1.807, 2.05) is 0 Å². The van der Waals surface area contributed by atoms with Gasteiger partial charge in [-0.2, -0.15) is 13.2 Å². The molecule has 1 heterocycles. The maximum absolute atomic E-state index is 12.2. The Morgan fingerprint density at radius 1 is 1.46 bits per heavy atom. The van der Waals surface area contributed by atoms with Crippen LogP contribution in [0.5, 0.6) is 0 Å². The molecule has 0 fully saturated rings. The van der Waals surface area contributed by atoms with Gasteiger partial charge in [-0.15, -0.1) is 0 Å². The predicted molar refractivity (Wildman–Crippen MR) is 39.0 cm³/mol. The highest BCUT2D eigenvalue weighted by Gasteiger charge is 2.34. The second-order valence-corrected chi connectivity index (χ2v) is 2.38. The van der Waals surface area contributed by atoms with Crippen molar-refractivity contribution in [2.45, 2.75) is 12.6 Å². The number of rotatable bonds is 2. The Kier molecular flexibility index (Phi) is 2.65. The van der Waals surface area contributed by atoms with E-state index in [-0.39, 0.29) is 12.0 Å².